The number of aryl methyl sites for hydroxylation is 1. The molecular weight excluding hydrogens is 306 g/mol. The zero-order valence-corrected chi connectivity index (χ0v) is 13.3. The summed E-state index contributed by atoms with van der Waals surface area (Å²) >= 11 is 0. The van der Waals surface area contributed by atoms with Crippen LogP contribution in [0, 0.1) is 6.92 Å². The molecule has 0 unspecified atom stereocenters. The zero-order chi connectivity index (χ0) is 16.7. The summed E-state index contributed by atoms with van der Waals surface area (Å²) in [7, 11) is 0. The molecule has 1 aromatic heterocycles. The molecule has 1 aliphatic rings. The molecule has 6 nitrogen and oxygen atoms in total. The van der Waals surface area contributed by atoms with Crippen LogP contribution in [0.25, 0.3) is 22.0 Å². The normalized spacial score (nSPS) is 12.4. The maximum Gasteiger partial charge on any atom is 0.231 e. The van der Waals surface area contributed by atoms with Gasteiger partial charge in [-0.05, 0) is 31.2 Å². The number of anilines is 1. The summed E-state index contributed by atoms with van der Waals surface area (Å²) in [6.45, 7) is 3.63. The standard InChI is InChI=1S/C18H15N3O3/c1-10-14-7-16-17(24-9-23-16)8-15(14)18(21-20-10)12-3-5-13(6-4-12)19-11(2)22/h3-8H,9H2,1-2H3,(H,19,22). The van der Waals surface area contributed by atoms with E-state index in [-0.39, 0.29) is 12.7 Å². The predicted octanol–water partition coefficient (Wildman–Crippen LogP) is 3.29. The number of carbonyl (C=O) groups excluding carboxylic acids is 1. The van der Waals surface area contributed by atoms with Crippen LogP contribution in [0.15, 0.2) is 36.4 Å². The van der Waals surface area contributed by atoms with Gasteiger partial charge in [0.15, 0.2) is 11.5 Å². The first kappa shape index (κ1) is 14.4. The van der Waals surface area contributed by atoms with Crippen LogP contribution in [0.2, 0.25) is 0 Å². The van der Waals surface area contributed by atoms with Crippen LogP contribution in [0.1, 0.15) is 12.6 Å². The maximum absolute atomic E-state index is 11.1. The summed E-state index contributed by atoms with van der Waals surface area (Å²) in [4.78, 5) is 11.1. The van der Waals surface area contributed by atoms with Crippen LogP contribution in [0.4, 0.5) is 5.69 Å². The first-order valence-corrected chi connectivity index (χ1v) is 7.56. The van der Waals surface area contributed by atoms with Crippen molar-refractivity contribution in [3.8, 4) is 22.8 Å². The van der Waals surface area contributed by atoms with Gasteiger partial charge in [-0.15, -0.1) is 5.10 Å². The Hall–Kier alpha value is -3.15. The highest BCUT2D eigenvalue weighted by Gasteiger charge is 2.18. The Balaban J connectivity index is 1.84. The lowest BCUT2D eigenvalue weighted by Crippen LogP contribution is -2.05. The fourth-order valence-corrected chi connectivity index (χ4v) is 2.80. The maximum atomic E-state index is 11.1. The number of rotatable bonds is 2. The predicted molar refractivity (Wildman–Crippen MR) is 90.1 cm³/mol. The molecule has 4 rings (SSSR count). The summed E-state index contributed by atoms with van der Waals surface area (Å²) in [5, 5.41) is 13.3. The van der Waals surface area contributed by atoms with E-state index >= 15 is 0 Å². The van der Waals surface area contributed by atoms with Crippen LogP contribution < -0.4 is 14.8 Å². The molecule has 0 radical (unpaired) electrons. The smallest absolute Gasteiger partial charge is 0.231 e. The third kappa shape index (κ3) is 2.42. The van der Waals surface area contributed by atoms with E-state index in [0.29, 0.717) is 5.75 Å². The largest absolute Gasteiger partial charge is 0.454 e. The molecule has 0 aliphatic carbocycles. The van der Waals surface area contributed by atoms with Crippen molar-refractivity contribution in [3.05, 3.63) is 42.1 Å². The fraction of sp³-hybridized carbons (Fsp3) is 0.167. The Kier molecular flexibility index (Phi) is 3.30. The molecule has 2 aromatic carbocycles. The number of nitrogens with one attached hydrogen (secondary N) is 1. The molecule has 1 aliphatic heterocycles. The Bertz CT molecular complexity index is 952. The second-order valence-electron chi connectivity index (χ2n) is 5.64. The average Bonchev–Trinajstić information content (AvgIpc) is 3.02. The van der Waals surface area contributed by atoms with Gasteiger partial charge < -0.3 is 14.8 Å². The van der Waals surface area contributed by atoms with Gasteiger partial charge in [0.2, 0.25) is 12.7 Å². The van der Waals surface area contributed by atoms with Gasteiger partial charge in [-0.2, -0.15) is 5.10 Å². The van der Waals surface area contributed by atoms with Gasteiger partial charge >= 0.3 is 0 Å². The van der Waals surface area contributed by atoms with Crippen LogP contribution in [0.5, 0.6) is 11.5 Å². The van der Waals surface area contributed by atoms with Crippen LogP contribution in [-0.4, -0.2) is 22.9 Å². The van der Waals surface area contributed by atoms with E-state index in [1.54, 1.807) is 0 Å². The lowest BCUT2D eigenvalue weighted by molar-refractivity contribution is -0.114. The molecule has 3 aromatic rings. The van der Waals surface area contributed by atoms with E-state index in [0.717, 1.165) is 39.2 Å². The van der Waals surface area contributed by atoms with Crippen molar-refractivity contribution in [1.29, 1.82) is 0 Å². The number of fused-ring (bicyclic) bond motifs is 2. The lowest BCUT2D eigenvalue weighted by Gasteiger charge is -2.09. The minimum atomic E-state index is -0.101. The Morgan fingerprint density at radius 1 is 1.04 bits per heavy atom. The molecule has 0 atom stereocenters. The quantitative estimate of drug-likeness (QED) is 0.784. The van der Waals surface area contributed by atoms with Crippen molar-refractivity contribution in [3.63, 3.8) is 0 Å². The van der Waals surface area contributed by atoms with E-state index < -0.39 is 0 Å². The van der Waals surface area contributed by atoms with Gasteiger partial charge in [0, 0.05) is 28.9 Å². The third-order valence-corrected chi connectivity index (χ3v) is 3.94. The van der Waals surface area contributed by atoms with E-state index in [4.69, 9.17) is 9.47 Å². The van der Waals surface area contributed by atoms with Gasteiger partial charge in [0.05, 0.1) is 5.69 Å². The van der Waals surface area contributed by atoms with Crippen molar-refractivity contribution in [1.82, 2.24) is 10.2 Å². The van der Waals surface area contributed by atoms with E-state index in [1.165, 1.54) is 6.92 Å². The molecule has 24 heavy (non-hydrogen) atoms. The van der Waals surface area contributed by atoms with Crippen molar-refractivity contribution < 1.29 is 14.3 Å². The second kappa shape index (κ2) is 5.49. The topological polar surface area (TPSA) is 73.3 Å². The van der Waals surface area contributed by atoms with Crippen molar-refractivity contribution in [2.45, 2.75) is 13.8 Å². The molecule has 1 amide bonds. The molecule has 1 N–H and O–H groups in total. The molecule has 0 saturated carbocycles. The Labute approximate surface area is 138 Å². The number of carbonyl (C=O) groups is 1. The minimum absolute atomic E-state index is 0.101. The zero-order valence-electron chi connectivity index (χ0n) is 13.3. The first-order chi connectivity index (χ1) is 11.6. The van der Waals surface area contributed by atoms with Gasteiger partial charge in [-0.3, -0.25) is 4.79 Å². The van der Waals surface area contributed by atoms with E-state index in [1.807, 2.05) is 43.3 Å². The number of amides is 1. The summed E-state index contributed by atoms with van der Waals surface area (Å²) in [6, 6.07) is 11.4. The lowest BCUT2D eigenvalue weighted by atomic mass is 10.0. The number of hydrogen-bond donors (Lipinski definition) is 1. The minimum Gasteiger partial charge on any atom is -0.454 e. The van der Waals surface area contributed by atoms with Crippen LogP contribution >= 0.6 is 0 Å². The molecular formula is C18H15N3O3. The average molecular weight is 321 g/mol. The highest BCUT2D eigenvalue weighted by molar-refractivity contribution is 5.98. The second-order valence-corrected chi connectivity index (χ2v) is 5.64. The summed E-state index contributed by atoms with van der Waals surface area (Å²) < 4.78 is 10.9. The van der Waals surface area contributed by atoms with Gasteiger partial charge in [-0.25, -0.2) is 0 Å². The fourth-order valence-electron chi connectivity index (χ4n) is 2.80. The Morgan fingerprint density at radius 2 is 1.71 bits per heavy atom. The first-order valence-electron chi connectivity index (χ1n) is 7.56. The summed E-state index contributed by atoms with van der Waals surface area (Å²) in [5.74, 6) is 1.34. The van der Waals surface area contributed by atoms with Gasteiger partial charge in [-0.1, -0.05) is 12.1 Å². The number of hydrogen-bond acceptors (Lipinski definition) is 5. The SMILES string of the molecule is CC(=O)Nc1ccc(-c2nnc(C)c3cc4c(cc23)OCO4)cc1. The number of nitrogens with zero attached hydrogens (tertiary/aromatic N) is 2. The summed E-state index contributed by atoms with van der Waals surface area (Å²) in [5.41, 5.74) is 3.26. The van der Waals surface area contributed by atoms with E-state index in [9.17, 15) is 4.79 Å². The third-order valence-electron chi connectivity index (χ3n) is 3.94. The number of aromatic nitrogens is 2. The Morgan fingerprint density at radius 3 is 2.38 bits per heavy atom. The van der Waals surface area contributed by atoms with Gasteiger partial charge in [0.25, 0.3) is 0 Å². The van der Waals surface area contributed by atoms with Crippen molar-refractivity contribution >= 4 is 22.4 Å². The highest BCUT2D eigenvalue weighted by Crippen LogP contribution is 2.39. The van der Waals surface area contributed by atoms with Crippen molar-refractivity contribution in [2.75, 3.05) is 12.1 Å². The highest BCUT2D eigenvalue weighted by atomic mass is 16.7. The molecule has 6 heteroatoms. The monoisotopic (exact) mass is 321 g/mol. The molecule has 0 fully saturated rings. The van der Waals surface area contributed by atoms with Crippen LogP contribution in [-0.2, 0) is 4.79 Å². The molecule has 0 bridgehead atoms. The van der Waals surface area contributed by atoms with E-state index in [2.05, 4.69) is 15.5 Å². The van der Waals surface area contributed by atoms with Crippen LogP contribution in [0.3, 0.4) is 0 Å². The number of ether oxygens (including phenoxy) is 2. The molecule has 2 heterocycles. The summed E-state index contributed by atoms with van der Waals surface area (Å²) in [6.07, 6.45) is 0. The molecule has 120 valence electrons. The molecule has 0 saturated heterocycles. The number of benzene rings is 2. The molecule has 0 spiro atoms. The van der Waals surface area contributed by atoms with Gasteiger partial charge in [0.1, 0.15) is 5.69 Å². The van der Waals surface area contributed by atoms with Crippen molar-refractivity contribution in [2.24, 2.45) is 0 Å².